The van der Waals surface area contributed by atoms with Crippen LogP contribution in [0.3, 0.4) is 0 Å². The van der Waals surface area contributed by atoms with Gasteiger partial charge in [-0.25, -0.2) is 4.57 Å². The zero-order valence-corrected chi connectivity index (χ0v) is 34.1. The van der Waals surface area contributed by atoms with E-state index in [4.69, 9.17) is 14.8 Å². The van der Waals surface area contributed by atoms with Crippen LogP contribution in [-0.2, 0) is 18.4 Å². The maximum absolute atomic E-state index is 12.8. The predicted molar refractivity (Wildman–Crippen MR) is 212 cm³/mol. The van der Waals surface area contributed by atoms with Gasteiger partial charge in [-0.3, -0.25) is 13.8 Å². The molecule has 0 aliphatic carbocycles. The van der Waals surface area contributed by atoms with E-state index < -0.39 is 20.0 Å². The molecule has 0 spiro atoms. The Hall–Kier alpha value is -0.500. The highest BCUT2D eigenvalue weighted by atomic mass is 31.2. The Kier molecular flexibility index (Phi) is 37.8. The molecule has 8 nitrogen and oxygen atoms in total. The molecule has 0 saturated carbocycles. The van der Waals surface area contributed by atoms with E-state index in [0.717, 1.165) is 38.5 Å². The molecule has 0 heterocycles. The fourth-order valence-electron chi connectivity index (χ4n) is 6.67. The van der Waals surface area contributed by atoms with Gasteiger partial charge in [0.1, 0.15) is 0 Å². The monoisotopic (exact) mass is 733 g/mol. The quantitative estimate of drug-likeness (QED) is 0.0363. The Balaban J connectivity index is 4.12. The van der Waals surface area contributed by atoms with Gasteiger partial charge in [0.15, 0.2) is 0 Å². The Bertz CT molecular complexity index is 759. The lowest BCUT2D eigenvalue weighted by Gasteiger charge is -2.25. The number of phosphoric acid groups is 1. The molecule has 0 aliphatic heterocycles. The summed E-state index contributed by atoms with van der Waals surface area (Å²) >= 11 is 0. The summed E-state index contributed by atoms with van der Waals surface area (Å²) in [7, 11) is -4.31. The minimum Gasteiger partial charge on any atom is -0.391 e. The first-order valence-electron chi connectivity index (χ1n) is 21.7. The van der Waals surface area contributed by atoms with Gasteiger partial charge in [-0.2, -0.15) is 0 Å². The molecule has 300 valence electrons. The first kappa shape index (κ1) is 49.5. The van der Waals surface area contributed by atoms with Crippen molar-refractivity contribution in [3.8, 4) is 0 Å². The number of nitrogens with two attached hydrogens (primary N) is 1. The highest BCUT2D eigenvalue weighted by molar-refractivity contribution is 7.47. The zero-order valence-electron chi connectivity index (χ0n) is 33.2. The maximum Gasteiger partial charge on any atom is 0.472 e. The van der Waals surface area contributed by atoms with Gasteiger partial charge in [-0.15, -0.1) is 0 Å². The Morgan fingerprint density at radius 2 is 0.920 bits per heavy atom. The first-order valence-corrected chi connectivity index (χ1v) is 23.1. The van der Waals surface area contributed by atoms with Crippen LogP contribution >= 0.6 is 7.82 Å². The van der Waals surface area contributed by atoms with E-state index in [-0.39, 0.29) is 25.7 Å². The fourth-order valence-corrected chi connectivity index (χ4v) is 7.43. The summed E-state index contributed by atoms with van der Waals surface area (Å²) in [5.41, 5.74) is 5.38. The Morgan fingerprint density at radius 3 is 1.28 bits per heavy atom. The summed E-state index contributed by atoms with van der Waals surface area (Å²) < 4.78 is 22.2. The number of carbonyl (C=O) groups excluding carboxylic acids is 1. The molecule has 0 aromatic heterocycles. The van der Waals surface area contributed by atoms with Crippen LogP contribution in [0.5, 0.6) is 0 Å². The van der Waals surface area contributed by atoms with Crippen LogP contribution in [0.15, 0.2) is 0 Å². The molecule has 3 atom stereocenters. The van der Waals surface area contributed by atoms with Crippen molar-refractivity contribution in [3.05, 3.63) is 0 Å². The molecule has 0 fully saturated rings. The van der Waals surface area contributed by atoms with Crippen LogP contribution in [0.1, 0.15) is 226 Å². The van der Waals surface area contributed by atoms with Gasteiger partial charge in [0, 0.05) is 13.0 Å². The van der Waals surface area contributed by atoms with Gasteiger partial charge in [-0.1, -0.05) is 206 Å². The van der Waals surface area contributed by atoms with Crippen LogP contribution in [0, 0.1) is 0 Å². The van der Waals surface area contributed by atoms with Gasteiger partial charge in [0.2, 0.25) is 5.91 Å². The molecule has 5 N–H and O–H groups in total. The normalized spacial score (nSPS) is 14.1. The number of nitrogens with one attached hydrogen (secondary N) is 1. The van der Waals surface area contributed by atoms with E-state index in [9.17, 15) is 19.4 Å². The average Bonchev–Trinajstić information content (AvgIpc) is 3.10. The number of carbonyl (C=O) groups is 1. The van der Waals surface area contributed by atoms with E-state index in [1.807, 2.05) is 0 Å². The standard InChI is InChI=1S/C41H85N2O6P/c1-3-5-7-9-11-13-15-17-19-20-21-23-25-27-29-31-33-35-41(45)43-39(38-49-50(46,47)48-37-36-42)40(44)34-32-30-28-26-24-22-18-16-14-12-10-8-6-4-2/h39-40,44H,3-38,42H2,1-2H3,(H,43,45)(H,46,47). The molecule has 0 radical (unpaired) electrons. The number of aliphatic hydroxyl groups excluding tert-OH is 1. The molecule has 0 aromatic rings. The summed E-state index contributed by atoms with van der Waals surface area (Å²) in [4.78, 5) is 22.7. The largest absolute Gasteiger partial charge is 0.472 e. The third-order valence-corrected chi connectivity index (χ3v) is 10.9. The van der Waals surface area contributed by atoms with Gasteiger partial charge >= 0.3 is 7.82 Å². The van der Waals surface area contributed by atoms with E-state index >= 15 is 0 Å². The van der Waals surface area contributed by atoms with Crippen LogP contribution in [0.2, 0.25) is 0 Å². The molecular formula is C41H85N2O6P. The maximum atomic E-state index is 12.8. The molecule has 0 saturated heterocycles. The number of phosphoric ester groups is 1. The molecule has 0 aromatic carbocycles. The second-order valence-electron chi connectivity index (χ2n) is 14.9. The average molecular weight is 733 g/mol. The SMILES string of the molecule is CCCCCCCCCCCCCCCCCCCC(=O)NC(COP(=O)(O)OCCN)C(O)CCCCCCCCCCCCCCCC. The van der Waals surface area contributed by atoms with Crippen molar-refractivity contribution in [2.75, 3.05) is 19.8 Å². The van der Waals surface area contributed by atoms with Gasteiger partial charge in [0.05, 0.1) is 25.4 Å². The van der Waals surface area contributed by atoms with Crippen molar-refractivity contribution in [1.82, 2.24) is 5.32 Å². The highest BCUT2D eigenvalue weighted by Crippen LogP contribution is 2.43. The first-order chi connectivity index (χ1) is 24.4. The minimum atomic E-state index is -4.31. The number of hydrogen-bond donors (Lipinski definition) is 4. The third kappa shape index (κ3) is 35.9. The summed E-state index contributed by atoms with van der Waals surface area (Å²) in [5, 5.41) is 13.8. The Morgan fingerprint density at radius 1 is 0.580 bits per heavy atom. The van der Waals surface area contributed by atoms with E-state index in [1.165, 1.54) is 161 Å². The summed E-state index contributed by atoms with van der Waals surface area (Å²) in [6.07, 6.45) is 39.6. The molecular weight excluding hydrogens is 647 g/mol. The summed E-state index contributed by atoms with van der Waals surface area (Å²) in [6.45, 7) is 4.23. The number of unbranched alkanes of at least 4 members (excludes halogenated alkanes) is 29. The third-order valence-electron chi connectivity index (χ3n) is 9.96. The minimum absolute atomic E-state index is 0.0924. The topological polar surface area (TPSA) is 131 Å². The highest BCUT2D eigenvalue weighted by Gasteiger charge is 2.27. The van der Waals surface area contributed by atoms with Crippen molar-refractivity contribution in [3.63, 3.8) is 0 Å². The van der Waals surface area contributed by atoms with E-state index in [0.29, 0.717) is 12.8 Å². The number of hydrogen-bond acceptors (Lipinski definition) is 6. The summed E-state index contributed by atoms with van der Waals surface area (Å²) in [5.74, 6) is -0.157. The van der Waals surface area contributed by atoms with Gasteiger partial charge < -0.3 is 21.1 Å². The van der Waals surface area contributed by atoms with Crippen molar-refractivity contribution < 1.29 is 28.4 Å². The van der Waals surface area contributed by atoms with Crippen molar-refractivity contribution >= 4 is 13.7 Å². The molecule has 0 bridgehead atoms. The molecule has 9 heteroatoms. The van der Waals surface area contributed by atoms with Crippen LogP contribution in [-0.4, -0.2) is 47.8 Å². The van der Waals surface area contributed by atoms with Crippen LogP contribution < -0.4 is 11.1 Å². The molecule has 50 heavy (non-hydrogen) atoms. The van der Waals surface area contributed by atoms with Crippen LogP contribution in [0.4, 0.5) is 0 Å². The predicted octanol–water partition coefficient (Wildman–Crippen LogP) is 11.8. The Labute approximate surface area is 310 Å². The molecule has 0 aliphatic rings. The lowest BCUT2D eigenvalue weighted by atomic mass is 10.0. The lowest BCUT2D eigenvalue weighted by molar-refractivity contribution is -0.123. The van der Waals surface area contributed by atoms with E-state index in [2.05, 4.69) is 19.2 Å². The summed E-state index contributed by atoms with van der Waals surface area (Å²) in [6, 6.07) is -0.766. The second-order valence-corrected chi connectivity index (χ2v) is 16.4. The number of rotatable bonds is 41. The lowest BCUT2D eigenvalue weighted by Crippen LogP contribution is -2.46. The van der Waals surface area contributed by atoms with Crippen molar-refractivity contribution in [1.29, 1.82) is 0 Å². The van der Waals surface area contributed by atoms with E-state index in [1.54, 1.807) is 0 Å². The number of amides is 1. The molecule has 0 rings (SSSR count). The van der Waals surface area contributed by atoms with Crippen molar-refractivity contribution in [2.24, 2.45) is 5.73 Å². The van der Waals surface area contributed by atoms with Crippen molar-refractivity contribution in [2.45, 2.75) is 238 Å². The molecule has 3 unspecified atom stereocenters. The fraction of sp³-hybridized carbons (Fsp3) is 0.976. The van der Waals surface area contributed by atoms with Gasteiger partial charge in [0.25, 0.3) is 0 Å². The smallest absolute Gasteiger partial charge is 0.391 e. The van der Waals surface area contributed by atoms with Crippen LogP contribution in [0.25, 0.3) is 0 Å². The zero-order chi connectivity index (χ0) is 36.8. The second kappa shape index (κ2) is 38.2. The van der Waals surface area contributed by atoms with Gasteiger partial charge in [-0.05, 0) is 12.8 Å². The molecule has 1 amide bonds. The number of aliphatic hydroxyl groups is 1.